The Kier molecular flexibility index (Phi) is 2.88. The number of halogens is 6. The lowest BCUT2D eigenvalue weighted by Crippen LogP contribution is -2.34. The molecule has 0 atom stereocenters. The Morgan fingerprint density at radius 1 is 1.11 bits per heavy atom. The fourth-order valence-electron chi connectivity index (χ4n) is 0.0437. The zero-order valence-corrected chi connectivity index (χ0v) is 5.94. The van der Waals surface area contributed by atoms with Crippen molar-refractivity contribution >= 4 is 35.1 Å². The summed E-state index contributed by atoms with van der Waals surface area (Å²) in [4.78, 5) is 0. The zero-order valence-electron chi connectivity index (χ0n) is 3.68. The fourth-order valence-corrected chi connectivity index (χ4v) is 0.131. The van der Waals surface area contributed by atoms with Crippen molar-refractivity contribution in [2.75, 3.05) is 0 Å². The molecule has 0 unspecified atom stereocenters. The molecule has 0 aromatic heterocycles. The summed E-state index contributed by atoms with van der Waals surface area (Å²) in [5.74, 6) is 0. The lowest BCUT2D eigenvalue weighted by molar-refractivity contribution is -0.183. The van der Waals surface area contributed by atoms with Gasteiger partial charge in [0.05, 0.1) is 11.9 Å². The SMILES string of the molecule is FC(F)(F)C(Cl)(Cl)OCl. The molecule has 0 aliphatic heterocycles. The van der Waals surface area contributed by atoms with E-state index in [0.717, 1.165) is 0 Å². The third-order valence-electron chi connectivity index (χ3n) is 0.427. The van der Waals surface area contributed by atoms with Gasteiger partial charge in [0.2, 0.25) is 0 Å². The van der Waals surface area contributed by atoms with Crippen molar-refractivity contribution < 1.29 is 17.5 Å². The van der Waals surface area contributed by atoms with Gasteiger partial charge < -0.3 is 0 Å². The van der Waals surface area contributed by atoms with Crippen LogP contribution in [0.5, 0.6) is 0 Å². The first kappa shape index (κ1) is 9.62. The van der Waals surface area contributed by atoms with Gasteiger partial charge >= 0.3 is 10.7 Å². The summed E-state index contributed by atoms with van der Waals surface area (Å²) in [6, 6.07) is 0. The third-order valence-corrected chi connectivity index (χ3v) is 1.40. The molecule has 0 amide bonds. The van der Waals surface area contributed by atoms with E-state index >= 15 is 0 Å². The summed E-state index contributed by atoms with van der Waals surface area (Å²) in [6.45, 7) is 0. The van der Waals surface area contributed by atoms with Crippen LogP contribution in [0.4, 0.5) is 13.2 Å². The Morgan fingerprint density at radius 2 is 1.44 bits per heavy atom. The molecule has 0 saturated heterocycles. The van der Waals surface area contributed by atoms with E-state index in [1.165, 1.54) is 0 Å². The van der Waals surface area contributed by atoms with Crippen LogP contribution < -0.4 is 0 Å². The van der Waals surface area contributed by atoms with Gasteiger partial charge in [-0.05, 0) is 0 Å². The van der Waals surface area contributed by atoms with Crippen LogP contribution in [0.3, 0.4) is 0 Å². The molecule has 7 heteroatoms. The maximum atomic E-state index is 11.4. The van der Waals surface area contributed by atoms with Crippen LogP contribution in [0, 0.1) is 0 Å². The highest BCUT2D eigenvalue weighted by Gasteiger charge is 2.54. The normalized spacial score (nSPS) is 14.0. The lowest BCUT2D eigenvalue weighted by atomic mass is 10.7. The fraction of sp³-hybridized carbons (Fsp3) is 1.00. The number of hydrogen-bond donors (Lipinski definition) is 0. The van der Waals surface area contributed by atoms with E-state index < -0.39 is 10.7 Å². The second-order valence-corrected chi connectivity index (χ2v) is 2.50. The highest BCUT2D eigenvalue weighted by Crippen LogP contribution is 2.41. The summed E-state index contributed by atoms with van der Waals surface area (Å²) >= 11 is 13.3. The van der Waals surface area contributed by atoms with Gasteiger partial charge in [-0.1, -0.05) is 23.2 Å². The number of alkyl halides is 5. The topological polar surface area (TPSA) is 9.23 Å². The van der Waals surface area contributed by atoms with Gasteiger partial charge in [-0.3, -0.25) is 0 Å². The second kappa shape index (κ2) is 2.70. The summed E-state index contributed by atoms with van der Waals surface area (Å²) in [6.07, 6.45) is -4.88. The van der Waals surface area contributed by atoms with Crippen molar-refractivity contribution in [1.29, 1.82) is 0 Å². The van der Waals surface area contributed by atoms with Crippen molar-refractivity contribution in [3.05, 3.63) is 0 Å². The van der Waals surface area contributed by atoms with E-state index in [4.69, 9.17) is 0 Å². The van der Waals surface area contributed by atoms with Gasteiger partial charge in [0.15, 0.2) is 0 Å². The molecule has 56 valence electrons. The molecule has 0 heterocycles. The number of rotatable bonds is 1. The van der Waals surface area contributed by atoms with E-state index in [1.807, 2.05) is 0 Å². The van der Waals surface area contributed by atoms with Gasteiger partial charge in [-0.25, -0.2) is 4.29 Å². The Morgan fingerprint density at radius 3 is 1.44 bits per heavy atom. The largest absolute Gasteiger partial charge is 0.448 e. The van der Waals surface area contributed by atoms with Gasteiger partial charge in [0.25, 0.3) is 0 Å². The molecule has 0 rings (SSSR count). The minimum absolute atomic E-state index is 3.18. The highest BCUT2D eigenvalue weighted by molar-refractivity contribution is 6.48. The first-order chi connectivity index (χ1) is 3.81. The van der Waals surface area contributed by atoms with Crippen LogP contribution >= 0.6 is 35.1 Å². The minimum Gasteiger partial charge on any atom is -0.229 e. The molecule has 0 aromatic rings. The maximum Gasteiger partial charge on any atom is 0.448 e. The molecule has 0 bridgehead atoms. The summed E-state index contributed by atoms with van der Waals surface area (Å²) < 4.78 is 34.0. The van der Waals surface area contributed by atoms with Gasteiger partial charge in [-0.15, -0.1) is 0 Å². The molecular formula is C2Cl3F3O. The van der Waals surface area contributed by atoms with E-state index in [2.05, 4.69) is 39.4 Å². The minimum atomic E-state index is -4.88. The average molecular weight is 203 g/mol. The van der Waals surface area contributed by atoms with Gasteiger partial charge in [-0.2, -0.15) is 13.2 Å². The van der Waals surface area contributed by atoms with Crippen LogP contribution in [0.15, 0.2) is 0 Å². The van der Waals surface area contributed by atoms with Crippen LogP contribution in [0.1, 0.15) is 0 Å². The molecular weight excluding hydrogens is 203 g/mol. The van der Waals surface area contributed by atoms with Crippen LogP contribution in [0.2, 0.25) is 0 Å². The Bertz CT molecular complexity index is 99.7. The maximum absolute atomic E-state index is 11.4. The van der Waals surface area contributed by atoms with Crippen molar-refractivity contribution in [2.24, 2.45) is 0 Å². The van der Waals surface area contributed by atoms with Crippen LogP contribution in [-0.4, -0.2) is 10.7 Å². The van der Waals surface area contributed by atoms with Crippen LogP contribution in [-0.2, 0) is 4.29 Å². The van der Waals surface area contributed by atoms with E-state index in [-0.39, 0.29) is 0 Å². The highest BCUT2D eigenvalue weighted by atomic mass is 35.5. The van der Waals surface area contributed by atoms with Crippen molar-refractivity contribution in [2.45, 2.75) is 10.7 Å². The lowest BCUT2D eigenvalue weighted by Gasteiger charge is -2.17. The van der Waals surface area contributed by atoms with Gasteiger partial charge in [0, 0.05) is 0 Å². The summed E-state index contributed by atoms with van der Waals surface area (Å²) in [7, 11) is 0. The van der Waals surface area contributed by atoms with Crippen molar-refractivity contribution in [3.63, 3.8) is 0 Å². The van der Waals surface area contributed by atoms with E-state index in [0.29, 0.717) is 0 Å². The molecule has 0 aromatic carbocycles. The number of hydrogen-bond acceptors (Lipinski definition) is 1. The van der Waals surface area contributed by atoms with Crippen molar-refractivity contribution in [3.8, 4) is 0 Å². The molecule has 0 fully saturated rings. The third kappa shape index (κ3) is 2.37. The quantitative estimate of drug-likeness (QED) is 0.595. The summed E-state index contributed by atoms with van der Waals surface area (Å²) in [5, 5.41) is 0. The first-order valence-corrected chi connectivity index (χ1v) is 2.62. The first-order valence-electron chi connectivity index (χ1n) is 1.55. The Labute approximate surface area is 63.8 Å². The average Bonchev–Trinajstić information content (AvgIpc) is 1.64. The Balaban J connectivity index is 4.14. The molecule has 0 radical (unpaired) electrons. The Hall–Kier alpha value is 0.620. The molecule has 0 N–H and O–H groups in total. The molecule has 0 aliphatic rings. The molecule has 9 heavy (non-hydrogen) atoms. The summed E-state index contributed by atoms with van der Waals surface area (Å²) in [5.41, 5.74) is 0. The molecule has 1 nitrogen and oxygen atoms in total. The predicted molar refractivity (Wildman–Crippen MR) is 27.4 cm³/mol. The van der Waals surface area contributed by atoms with E-state index in [9.17, 15) is 13.2 Å². The molecule has 0 aliphatic carbocycles. The van der Waals surface area contributed by atoms with E-state index in [1.54, 1.807) is 0 Å². The second-order valence-electron chi connectivity index (χ2n) is 1.09. The predicted octanol–water partition coefficient (Wildman–Crippen LogP) is 2.85. The van der Waals surface area contributed by atoms with Crippen molar-refractivity contribution in [1.82, 2.24) is 0 Å². The molecule has 0 saturated carbocycles. The van der Waals surface area contributed by atoms with Crippen LogP contribution in [0.25, 0.3) is 0 Å². The monoisotopic (exact) mass is 202 g/mol. The molecule has 0 spiro atoms. The van der Waals surface area contributed by atoms with Gasteiger partial charge in [0.1, 0.15) is 0 Å². The smallest absolute Gasteiger partial charge is 0.229 e. The zero-order chi connectivity index (χ0) is 7.71. The standard InChI is InChI=1S/C2Cl3F3O/c3-1(4,9-5)2(6,7)8.